The zero-order valence-electron chi connectivity index (χ0n) is 27.3. The van der Waals surface area contributed by atoms with Gasteiger partial charge in [0.15, 0.2) is 0 Å². The van der Waals surface area contributed by atoms with Crippen LogP contribution in [0.4, 0.5) is 0 Å². The third kappa shape index (κ3) is 6.57. The third-order valence-electron chi connectivity index (χ3n) is 12.5. The summed E-state index contributed by atoms with van der Waals surface area (Å²) in [5, 5.41) is 2.41. The highest BCUT2D eigenvalue weighted by atomic mass is 31.2. The summed E-state index contributed by atoms with van der Waals surface area (Å²) in [6.07, 6.45) is 29.3. The summed E-state index contributed by atoms with van der Waals surface area (Å²) in [5.41, 5.74) is 7.52. The van der Waals surface area contributed by atoms with Crippen LogP contribution >= 0.6 is 14.3 Å². The molecule has 4 aliphatic carbocycles. The highest BCUT2D eigenvalue weighted by Crippen LogP contribution is 2.71. The van der Waals surface area contributed by atoms with Crippen LogP contribution in [0.3, 0.4) is 0 Å². The van der Waals surface area contributed by atoms with Crippen LogP contribution < -0.4 is 0 Å². The zero-order valence-corrected chi connectivity index (χ0v) is 29.1. The summed E-state index contributed by atoms with van der Waals surface area (Å²) in [4.78, 5) is 10.9. The van der Waals surface area contributed by atoms with E-state index in [9.17, 15) is 0 Å². The number of benzene rings is 1. The second kappa shape index (κ2) is 14.0. The van der Waals surface area contributed by atoms with Gasteiger partial charge in [0.05, 0.1) is 57.4 Å². The van der Waals surface area contributed by atoms with Gasteiger partial charge >= 0.3 is 15.1 Å². The minimum atomic E-state index is -1.64. The molecular weight excluding hydrogens is 568 g/mol. The highest BCUT2D eigenvalue weighted by Gasteiger charge is 2.49. The van der Waals surface area contributed by atoms with Crippen LogP contribution in [-0.4, -0.2) is 47.7 Å². The molecule has 44 heavy (non-hydrogen) atoms. The number of nitrogens with zero attached hydrogens (tertiary/aromatic N) is 2. The van der Waals surface area contributed by atoms with Crippen LogP contribution in [0, 0.1) is 0 Å². The SMILES string of the molecule is [B][P+](Cc1ccc2ccc3ccc(C[P+]([B])(C4CCCCC4)C4CCCCC4)nc3c2n1)(C1CCCCC1)C1CCCCC1. The summed E-state index contributed by atoms with van der Waals surface area (Å²) >= 11 is 0. The Morgan fingerprint density at radius 3 is 1.00 bits per heavy atom. The maximum atomic E-state index is 7.72. The van der Waals surface area contributed by atoms with Gasteiger partial charge in [0.1, 0.15) is 0 Å². The van der Waals surface area contributed by atoms with E-state index in [0.29, 0.717) is 0 Å². The van der Waals surface area contributed by atoms with Crippen LogP contribution in [-0.2, 0) is 12.3 Å². The molecule has 2 nitrogen and oxygen atoms in total. The molecule has 6 heteroatoms. The van der Waals surface area contributed by atoms with Gasteiger partial charge < -0.3 is 0 Å². The quantitative estimate of drug-likeness (QED) is 0.142. The lowest BCUT2D eigenvalue weighted by molar-refractivity contribution is 0.481. The molecule has 2 heterocycles. The van der Waals surface area contributed by atoms with Crippen molar-refractivity contribution < 1.29 is 0 Å². The van der Waals surface area contributed by atoms with E-state index < -0.39 is 14.3 Å². The summed E-state index contributed by atoms with van der Waals surface area (Å²) in [5.74, 6) is 0. The topological polar surface area (TPSA) is 25.8 Å². The molecule has 4 radical (unpaired) electrons. The van der Waals surface area contributed by atoms with Gasteiger partial charge in [0, 0.05) is 10.8 Å². The average molecular weight is 622 g/mol. The molecule has 230 valence electrons. The van der Waals surface area contributed by atoms with Crippen molar-refractivity contribution in [3.63, 3.8) is 0 Å². The van der Waals surface area contributed by atoms with Crippen LogP contribution in [0.1, 0.15) is 140 Å². The second-order valence-corrected chi connectivity index (χ2v) is 22.8. The molecule has 0 saturated heterocycles. The molecule has 3 aromatic rings. The molecule has 0 unspecified atom stereocenters. The predicted molar refractivity (Wildman–Crippen MR) is 197 cm³/mol. The van der Waals surface area contributed by atoms with Gasteiger partial charge in [-0.25, -0.2) is 9.97 Å². The minimum absolute atomic E-state index is 0.732. The second-order valence-electron chi connectivity index (χ2n) is 15.3. The van der Waals surface area contributed by atoms with E-state index >= 15 is 0 Å². The molecule has 1 aromatic carbocycles. The fourth-order valence-electron chi connectivity index (χ4n) is 9.95. The van der Waals surface area contributed by atoms with E-state index in [0.717, 1.165) is 46.0 Å². The van der Waals surface area contributed by atoms with Gasteiger partial charge in [-0.2, -0.15) is 0 Å². The van der Waals surface area contributed by atoms with E-state index in [-0.39, 0.29) is 0 Å². The fourth-order valence-corrected chi connectivity index (χ4v) is 19.0. The van der Waals surface area contributed by atoms with Gasteiger partial charge in [0.25, 0.3) is 0 Å². The first-order chi connectivity index (χ1) is 21.5. The van der Waals surface area contributed by atoms with Crippen LogP contribution in [0.15, 0.2) is 36.4 Å². The Morgan fingerprint density at radius 2 is 0.705 bits per heavy atom. The molecule has 0 aliphatic heterocycles. The number of rotatable bonds is 8. The monoisotopic (exact) mass is 622 g/mol. The Hall–Kier alpha value is -0.970. The lowest BCUT2D eigenvalue weighted by atomic mass is 9.99. The van der Waals surface area contributed by atoms with Crippen molar-refractivity contribution in [1.82, 2.24) is 9.97 Å². The van der Waals surface area contributed by atoms with Crippen LogP contribution in [0.25, 0.3) is 21.8 Å². The van der Waals surface area contributed by atoms with Crippen LogP contribution in [0.2, 0.25) is 0 Å². The normalized spacial score (nSPS) is 22.5. The third-order valence-corrected chi connectivity index (χ3v) is 21.8. The summed E-state index contributed by atoms with van der Waals surface area (Å²) < 4.78 is 0. The molecule has 4 fully saturated rings. The summed E-state index contributed by atoms with van der Waals surface area (Å²) in [7, 11) is 12.1. The Morgan fingerprint density at radius 1 is 0.432 bits per heavy atom. The number of hydrogen-bond donors (Lipinski definition) is 0. The Bertz CT molecular complexity index is 1260. The molecule has 2 aromatic heterocycles. The van der Waals surface area contributed by atoms with E-state index in [2.05, 4.69) is 36.4 Å². The maximum absolute atomic E-state index is 7.72. The lowest BCUT2D eigenvalue weighted by Gasteiger charge is -2.42. The van der Waals surface area contributed by atoms with Crippen molar-refractivity contribution in [2.24, 2.45) is 0 Å². The lowest BCUT2D eigenvalue weighted by Crippen LogP contribution is -2.29. The molecule has 0 spiro atoms. The first-order valence-corrected chi connectivity index (χ1v) is 22.9. The largest absolute Gasteiger partial charge is 0.366 e. The van der Waals surface area contributed by atoms with Crippen molar-refractivity contribution in [2.45, 2.75) is 163 Å². The Balaban J connectivity index is 1.23. The van der Waals surface area contributed by atoms with Crippen molar-refractivity contribution in [3.8, 4) is 0 Å². The number of hydrogen-bond acceptors (Lipinski definition) is 2. The van der Waals surface area contributed by atoms with Crippen molar-refractivity contribution >= 4 is 51.2 Å². The van der Waals surface area contributed by atoms with Crippen molar-refractivity contribution in [1.29, 1.82) is 0 Å². The molecule has 7 rings (SSSR count). The van der Waals surface area contributed by atoms with Gasteiger partial charge in [-0.1, -0.05) is 49.9 Å². The van der Waals surface area contributed by atoms with E-state index in [1.54, 1.807) is 0 Å². The number of aromatic nitrogens is 2. The van der Waals surface area contributed by atoms with Crippen molar-refractivity contribution in [2.75, 3.05) is 0 Å². The highest BCUT2D eigenvalue weighted by molar-refractivity contribution is 7.98. The van der Waals surface area contributed by atoms with E-state index in [1.807, 2.05) is 0 Å². The summed E-state index contributed by atoms with van der Waals surface area (Å²) in [6.45, 7) is 0. The molecule has 0 N–H and O–H groups in total. The minimum Gasteiger partial charge on any atom is -0.247 e. The standard InChI is InChI=1S/C38H54B2N2P2/c39-43(33-13-5-1-6-14-33,34-15-7-2-8-16-34)27-31-25-23-29-21-22-30-24-26-32(42-38(30)37(29)41-31)28-44(40,35-17-9-3-10-18-35)36-19-11-4-12-20-36/h21-26,33-36H,1-20,27-28H2/q+2. The predicted octanol–water partition coefficient (Wildman–Crippen LogP) is 11.3. The first kappa shape index (κ1) is 31.6. The molecule has 0 atom stereocenters. The molecule has 4 saturated carbocycles. The molecule has 4 aliphatic rings. The van der Waals surface area contributed by atoms with Gasteiger partial charge in [-0.15, -0.1) is 0 Å². The molecular formula is C38H54B2N2P2+2. The van der Waals surface area contributed by atoms with Gasteiger partial charge in [-0.3, -0.25) is 0 Å². The van der Waals surface area contributed by atoms with E-state index in [4.69, 9.17) is 25.1 Å². The summed E-state index contributed by atoms with van der Waals surface area (Å²) in [6, 6.07) is 13.7. The Kier molecular flexibility index (Phi) is 10.1. The van der Waals surface area contributed by atoms with E-state index in [1.165, 1.54) is 151 Å². The number of pyridine rings is 2. The van der Waals surface area contributed by atoms with Gasteiger partial charge in [0.2, 0.25) is 0 Å². The molecule has 0 amide bonds. The van der Waals surface area contributed by atoms with Crippen molar-refractivity contribution in [3.05, 3.63) is 47.8 Å². The van der Waals surface area contributed by atoms with Gasteiger partial charge in [-0.05, 0) is 129 Å². The zero-order chi connectivity index (χ0) is 30.0. The number of fused-ring (bicyclic) bond motifs is 3. The first-order valence-electron chi connectivity index (χ1n) is 18.5. The fraction of sp³-hybridized carbons (Fsp3) is 0.684. The smallest absolute Gasteiger partial charge is 0.247 e. The molecule has 0 bridgehead atoms. The average Bonchev–Trinajstić information content (AvgIpc) is 3.09. The Labute approximate surface area is 271 Å². The maximum Gasteiger partial charge on any atom is 0.366 e. The van der Waals surface area contributed by atoms with Crippen LogP contribution in [0.5, 0.6) is 0 Å².